The highest BCUT2D eigenvalue weighted by Gasteiger charge is 2.09. The van der Waals surface area contributed by atoms with Crippen LogP contribution in [0.25, 0.3) is 45.1 Å². The van der Waals surface area contributed by atoms with Gasteiger partial charge in [-0.3, -0.25) is 0 Å². The normalized spacial score (nSPS) is 11.4. The Bertz CT molecular complexity index is 1620. The summed E-state index contributed by atoms with van der Waals surface area (Å²) in [5.74, 6) is 3.47. The first-order valence-corrected chi connectivity index (χ1v) is 14.9. The van der Waals surface area contributed by atoms with Crippen LogP contribution in [0.2, 0.25) is 0 Å². The Labute approximate surface area is 246 Å². The van der Waals surface area contributed by atoms with Crippen molar-refractivity contribution in [3.63, 3.8) is 0 Å². The summed E-state index contributed by atoms with van der Waals surface area (Å²) in [5.41, 5.74) is 6.42. The molecular formula is C30H28N6O3S2. The van der Waals surface area contributed by atoms with Crippen LogP contribution in [0.1, 0.15) is 5.56 Å². The van der Waals surface area contributed by atoms with Crippen LogP contribution in [0.3, 0.4) is 0 Å². The Morgan fingerprint density at radius 1 is 0.707 bits per heavy atom. The van der Waals surface area contributed by atoms with Gasteiger partial charge in [0, 0.05) is 10.6 Å². The number of ether oxygens (including phenoxy) is 3. The first-order valence-electron chi connectivity index (χ1n) is 13.1. The van der Waals surface area contributed by atoms with Gasteiger partial charge in [0.25, 0.3) is 0 Å². The molecule has 0 aliphatic carbocycles. The lowest BCUT2D eigenvalue weighted by Crippen LogP contribution is -2.12. The average Bonchev–Trinajstić information content (AvgIpc) is 3.65. The minimum Gasteiger partial charge on any atom is -0.490 e. The zero-order valence-electron chi connectivity index (χ0n) is 22.3. The van der Waals surface area contributed by atoms with Crippen LogP contribution in [-0.4, -0.2) is 62.6 Å². The number of H-pyrrole nitrogens is 2. The molecule has 4 aromatic heterocycles. The minimum absolute atomic E-state index is 0.407. The fourth-order valence-electron chi connectivity index (χ4n) is 4.26. The highest BCUT2D eigenvalue weighted by atomic mass is 32.2. The van der Waals surface area contributed by atoms with E-state index in [-0.39, 0.29) is 0 Å². The van der Waals surface area contributed by atoms with Crippen LogP contribution in [-0.2, 0) is 10.5 Å². The molecule has 0 radical (unpaired) electrons. The molecule has 2 N–H and O–H groups in total. The number of rotatable bonds is 12. The van der Waals surface area contributed by atoms with Gasteiger partial charge in [0.1, 0.15) is 36.1 Å². The fourth-order valence-corrected chi connectivity index (χ4v) is 4.90. The van der Waals surface area contributed by atoms with Crippen LogP contribution in [0.5, 0.6) is 11.5 Å². The predicted octanol–water partition coefficient (Wildman–Crippen LogP) is 6.19. The Balaban J connectivity index is 0.913. The summed E-state index contributed by atoms with van der Waals surface area (Å²) in [7, 11) is 0. The number of fused-ring (bicyclic) bond motifs is 2. The second-order valence-electron chi connectivity index (χ2n) is 9.13. The average molecular weight is 585 g/mol. The summed E-state index contributed by atoms with van der Waals surface area (Å²) in [4.78, 5) is 26.1. The number of aromatic amines is 2. The quantitative estimate of drug-likeness (QED) is 0.0887. The molecular weight excluding hydrogens is 557 g/mol. The Morgan fingerprint density at radius 2 is 1.29 bits per heavy atom. The highest BCUT2D eigenvalue weighted by Crippen LogP contribution is 2.25. The Hall–Kier alpha value is -4.06. The van der Waals surface area contributed by atoms with Crippen molar-refractivity contribution in [1.82, 2.24) is 29.9 Å². The third kappa shape index (κ3) is 6.48. The van der Waals surface area contributed by atoms with Crippen molar-refractivity contribution in [2.75, 3.05) is 32.7 Å². The summed E-state index contributed by atoms with van der Waals surface area (Å²) in [6.45, 7) is 1.69. The number of thiol groups is 1. The standard InChI is InChI=1S/C30H28N6O3S2/c1-41-22-5-9-24-28(15-22)36-30(34-24)26-8-4-21(17-32-26)39-13-11-37-10-12-38-20-3-7-25(31-16-20)29-33-23-6-2-19(18-40)14-27(23)35-29/h2-9,14-17,40H,10-13,18H2,1H3,(H,33,35)(H,34,36). The number of nitrogens with one attached hydrogen (secondary N) is 2. The van der Waals surface area contributed by atoms with Crippen molar-refractivity contribution >= 4 is 46.5 Å². The van der Waals surface area contributed by atoms with Gasteiger partial charge in [-0.05, 0) is 66.4 Å². The summed E-state index contributed by atoms with van der Waals surface area (Å²) >= 11 is 6.03. The predicted molar refractivity (Wildman–Crippen MR) is 165 cm³/mol. The monoisotopic (exact) mass is 584 g/mol. The maximum absolute atomic E-state index is 5.76. The molecule has 0 saturated heterocycles. The van der Waals surface area contributed by atoms with E-state index in [1.165, 1.54) is 4.90 Å². The van der Waals surface area contributed by atoms with Gasteiger partial charge in [0.15, 0.2) is 11.6 Å². The van der Waals surface area contributed by atoms with Crippen LogP contribution in [0, 0.1) is 0 Å². The molecule has 11 heteroatoms. The highest BCUT2D eigenvalue weighted by molar-refractivity contribution is 7.98. The van der Waals surface area contributed by atoms with Gasteiger partial charge < -0.3 is 24.2 Å². The third-order valence-corrected chi connectivity index (χ3v) is 7.46. The first kappa shape index (κ1) is 27.1. The van der Waals surface area contributed by atoms with Crippen LogP contribution in [0.4, 0.5) is 0 Å². The Kier molecular flexibility index (Phi) is 8.36. The van der Waals surface area contributed by atoms with Crippen molar-refractivity contribution in [2.24, 2.45) is 0 Å². The summed E-state index contributed by atoms with van der Waals surface area (Å²) < 4.78 is 17.2. The molecule has 9 nitrogen and oxygen atoms in total. The maximum Gasteiger partial charge on any atom is 0.157 e. The molecule has 0 atom stereocenters. The SMILES string of the molecule is CSc1ccc2nc(-c3ccc(OCCOCCOc4ccc(-c5nc6ccc(CS)cc6[nH]5)nc4)cn3)[nH]c2c1. The summed E-state index contributed by atoms with van der Waals surface area (Å²) in [5, 5.41) is 0. The molecule has 0 fully saturated rings. The summed E-state index contributed by atoms with van der Waals surface area (Å²) in [6.07, 6.45) is 5.44. The second kappa shape index (κ2) is 12.6. The molecule has 0 aliphatic heterocycles. The molecule has 0 aliphatic rings. The number of pyridine rings is 2. The number of nitrogens with zero attached hydrogens (tertiary/aromatic N) is 4. The van der Waals surface area contributed by atoms with E-state index < -0.39 is 0 Å². The number of thioether (sulfide) groups is 1. The maximum atomic E-state index is 5.76. The van der Waals surface area contributed by atoms with Crippen molar-refractivity contribution in [3.8, 4) is 34.5 Å². The molecule has 0 unspecified atom stereocenters. The minimum atomic E-state index is 0.407. The van der Waals surface area contributed by atoms with E-state index in [1.807, 2.05) is 42.5 Å². The van der Waals surface area contributed by atoms with E-state index >= 15 is 0 Å². The molecule has 6 rings (SSSR count). The van der Waals surface area contributed by atoms with E-state index in [4.69, 9.17) is 14.2 Å². The van der Waals surface area contributed by atoms with Crippen molar-refractivity contribution in [1.29, 1.82) is 0 Å². The lowest BCUT2D eigenvalue weighted by Gasteiger charge is -2.09. The topological polar surface area (TPSA) is 111 Å². The van der Waals surface area contributed by atoms with Crippen molar-refractivity contribution in [3.05, 3.63) is 78.6 Å². The van der Waals surface area contributed by atoms with Gasteiger partial charge in [-0.1, -0.05) is 6.07 Å². The zero-order valence-corrected chi connectivity index (χ0v) is 24.0. The molecule has 6 aromatic rings. The molecule has 4 heterocycles. The number of benzene rings is 2. The molecule has 41 heavy (non-hydrogen) atoms. The molecule has 0 bridgehead atoms. The van der Waals surface area contributed by atoms with Gasteiger partial charge in [-0.15, -0.1) is 11.8 Å². The number of imidazole rings is 2. The number of hydrogen-bond acceptors (Lipinski definition) is 9. The van der Waals surface area contributed by atoms with E-state index in [0.29, 0.717) is 43.7 Å². The lowest BCUT2D eigenvalue weighted by molar-refractivity contribution is 0.0762. The molecule has 208 valence electrons. The Morgan fingerprint density at radius 3 is 1.83 bits per heavy atom. The van der Waals surface area contributed by atoms with Gasteiger partial charge in [0.05, 0.1) is 47.7 Å². The zero-order chi connectivity index (χ0) is 28.0. The van der Waals surface area contributed by atoms with E-state index in [1.54, 1.807) is 24.2 Å². The smallest absolute Gasteiger partial charge is 0.157 e. The van der Waals surface area contributed by atoms with Crippen LogP contribution in [0.15, 0.2) is 78.0 Å². The number of hydrogen-bond donors (Lipinski definition) is 3. The van der Waals surface area contributed by atoms with Gasteiger partial charge in [-0.25, -0.2) is 19.9 Å². The van der Waals surface area contributed by atoms with Gasteiger partial charge in [0.2, 0.25) is 0 Å². The van der Waals surface area contributed by atoms with E-state index in [9.17, 15) is 0 Å². The van der Waals surface area contributed by atoms with Crippen molar-refractivity contribution in [2.45, 2.75) is 10.6 Å². The van der Waals surface area contributed by atoms with Crippen molar-refractivity contribution < 1.29 is 14.2 Å². The molecule has 0 spiro atoms. The van der Waals surface area contributed by atoms with E-state index in [0.717, 1.165) is 50.7 Å². The third-order valence-electron chi connectivity index (χ3n) is 6.37. The van der Waals surface area contributed by atoms with Crippen LogP contribution >= 0.6 is 24.4 Å². The molecule has 0 saturated carbocycles. The molecule has 0 amide bonds. The molecule has 2 aromatic carbocycles. The summed E-state index contributed by atoms with van der Waals surface area (Å²) in [6, 6.07) is 19.8. The van der Waals surface area contributed by atoms with Crippen LogP contribution < -0.4 is 9.47 Å². The number of aromatic nitrogens is 6. The fraction of sp³-hybridized carbons (Fsp3) is 0.200. The first-order chi connectivity index (χ1) is 20.2. The largest absolute Gasteiger partial charge is 0.490 e. The van der Waals surface area contributed by atoms with E-state index in [2.05, 4.69) is 67.0 Å². The van der Waals surface area contributed by atoms with Gasteiger partial charge >= 0.3 is 0 Å². The lowest BCUT2D eigenvalue weighted by atomic mass is 10.2. The second-order valence-corrected chi connectivity index (χ2v) is 10.3. The van der Waals surface area contributed by atoms with Gasteiger partial charge in [-0.2, -0.15) is 12.6 Å².